The first kappa shape index (κ1) is 22.2. The number of likely N-dealkylation sites (tertiary alicyclic amines) is 1. The fourth-order valence-electron chi connectivity index (χ4n) is 5.02. The maximum atomic E-state index is 13.2. The van der Waals surface area contributed by atoms with Crippen LogP contribution in [0.1, 0.15) is 49.8 Å². The molecule has 7 heteroatoms. The molecule has 162 valence electrons. The minimum absolute atomic E-state index is 0.172. The first-order chi connectivity index (χ1) is 13.6. The third kappa shape index (κ3) is 4.67. The van der Waals surface area contributed by atoms with Gasteiger partial charge in [-0.2, -0.15) is 4.31 Å². The molecule has 1 amide bonds. The van der Waals surface area contributed by atoms with Crippen molar-refractivity contribution < 1.29 is 13.2 Å². The predicted octanol–water partition coefficient (Wildman–Crippen LogP) is 2.71. The molecule has 2 aliphatic heterocycles. The maximum absolute atomic E-state index is 13.2. The fraction of sp³-hybridized carbons (Fsp3) is 0.682. The van der Waals surface area contributed by atoms with Crippen molar-refractivity contribution in [2.24, 2.45) is 0 Å². The van der Waals surface area contributed by atoms with Crippen molar-refractivity contribution in [3.8, 4) is 0 Å². The second-order valence-electron chi connectivity index (χ2n) is 8.84. The second kappa shape index (κ2) is 8.74. The molecule has 1 aromatic rings. The lowest BCUT2D eigenvalue weighted by atomic mass is 9.97. The Kier molecular flexibility index (Phi) is 6.70. The van der Waals surface area contributed by atoms with Gasteiger partial charge < -0.3 is 4.90 Å². The van der Waals surface area contributed by atoms with Crippen molar-refractivity contribution >= 4 is 15.9 Å². The standard InChI is InChI=1S/C22H35N3O3S/c1-16-13-17(2)22(18(3)14-16)29(27,28)24-11-9-23(10-12-24)15-21(26)25-19(4)7-6-8-20(25)5/h13-14,19-20H,6-12,15H2,1-5H3/t19-,20-/m1/s1. The van der Waals surface area contributed by atoms with Crippen LogP contribution in [-0.4, -0.2) is 73.2 Å². The Morgan fingerprint density at radius 1 is 0.966 bits per heavy atom. The molecular formula is C22H35N3O3S. The van der Waals surface area contributed by atoms with Crippen LogP contribution in [0.3, 0.4) is 0 Å². The van der Waals surface area contributed by atoms with Gasteiger partial charge >= 0.3 is 0 Å². The summed E-state index contributed by atoms with van der Waals surface area (Å²) < 4.78 is 28.0. The first-order valence-electron chi connectivity index (χ1n) is 10.7. The van der Waals surface area contributed by atoms with E-state index in [1.165, 1.54) is 6.42 Å². The number of piperidine rings is 1. The molecule has 0 N–H and O–H groups in total. The van der Waals surface area contributed by atoms with Gasteiger partial charge in [0.25, 0.3) is 0 Å². The largest absolute Gasteiger partial charge is 0.336 e. The third-order valence-electron chi connectivity index (χ3n) is 6.37. The smallest absolute Gasteiger partial charge is 0.243 e. The van der Waals surface area contributed by atoms with Gasteiger partial charge in [-0.3, -0.25) is 9.69 Å². The molecule has 6 nitrogen and oxygen atoms in total. The quantitative estimate of drug-likeness (QED) is 0.750. The van der Waals surface area contributed by atoms with Gasteiger partial charge in [0.1, 0.15) is 0 Å². The zero-order valence-corrected chi connectivity index (χ0v) is 19.3. The van der Waals surface area contributed by atoms with Crippen LogP contribution in [0, 0.1) is 20.8 Å². The second-order valence-corrected chi connectivity index (χ2v) is 10.7. The van der Waals surface area contributed by atoms with E-state index < -0.39 is 10.0 Å². The minimum atomic E-state index is -3.52. The normalized spacial score (nSPS) is 24.7. The molecule has 3 rings (SSSR count). The number of rotatable bonds is 4. The highest BCUT2D eigenvalue weighted by atomic mass is 32.2. The maximum Gasteiger partial charge on any atom is 0.243 e. The summed E-state index contributed by atoms with van der Waals surface area (Å²) in [6.07, 6.45) is 3.31. The highest BCUT2D eigenvalue weighted by Crippen LogP contribution is 2.26. The van der Waals surface area contributed by atoms with Gasteiger partial charge in [0, 0.05) is 38.3 Å². The number of carbonyl (C=O) groups is 1. The molecule has 0 spiro atoms. The molecule has 2 heterocycles. The number of hydrogen-bond donors (Lipinski definition) is 0. The van der Waals surface area contributed by atoms with Gasteiger partial charge in [-0.15, -0.1) is 0 Å². The molecule has 0 saturated carbocycles. The van der Waals surface area contributed by atoms with Crippen molar-refractivity contribution in [3.05, 3.63) is 28.8 Å². The van der Waals surface area contributed by atoms with Gasteiger partial charge in [-0.05, 0) is 65.0 Å². The van der Waals surface area contributed by atoms with Gasteiger partial charge in [-0.1, -0.05) is 17.7 Å². The number of aryl methyl sites for hydroxylation is 3. The molecule has 2 fully saturated rings. The summed E-state index contributed by atoms with van der Waals surface area (Å²) in [6.45, 7) is 12.4. The number of carbonyl (C=O) groups excluding carboxylic acids is 1. The van der Waals surface area contributed by atoms with E-state index in [1.807, 2.05) is 37.8 Å². The summed E-state index contributed by atoms with van der Waals surface area (Å²) in [7, 11) is -3.52. The van der Waals surface area contributed by atoms with E-state index >= 15 is 0 Å². The van der Waals surface area contributed by atoms with Crippen molar-refractivity contribution in [2.45, 2.75) is 70.9 Å². The van der Waals surface area contributed by atoms with E-state index in [2.05, 4.69) is 18.7 Å². The van der Waals surface area contributed by atoms with Crippen LogP contribution in [0.25, 0.3) is 0 Å². The molecule has 0 radical (unpaired) electrons. The molecule has 0 aliphatic carbocycles. The average Bonchev–Trinajstić information content (AvgIpc) is 2.60. The van der Waals surface area contributed by atoms with Crippen molar-refractivity contribution in [2.75, 3.05) is 32.7 Å². The van der Waals surface area contributed by atoms with E-state index in [0.29, 0.717) is 49.7 Å². The van der Waals surface area contributed by atoms with Crippen LogP contribution < -0.4 is 0 Å². The van der Waals surface area contributed by atoms with Crippen LogP contribution >= 0.6 is 0 Å². The highest BCUT2D eigenvalue weighted by molar-refractivity contribution is 7.89. The van der Waals surface area contributed by atoms with Crippen LogP contribution in [0.5, 0.6) is 0 Å². The zero-order valence-electron chi connectivity index (χ0n) is 18.4. The van der Waals surface area contributed by atoms with Crippen LogP contribution in [0.2, 0.25) is 0 Å². The number of benzene rings is 1. The number of sulfonamides is 1. The van der Waals surface area contributed by atoms with Gasteiger partial charge in [0.15, 0.2) is 0 Å². The number of amides is 1. The topological polar surface area (TPSA) is 60.9 Å². The minimum Gasteiger partial charge on any atom is -0.336 e. The molecular weight excluding hydrogens is 386 g/mol. The Morgan fingerprint density at radius 3 is 2.00 bits per heavy atom. The highest BCUT2D eigenvalue weighted by Gasteiger charge is 2.33. The molecule has 0 bridgehead atoms. The van der Waals surface area contributed by atoms with Gasteiger partial charge in [0.2, 0.25) is 15.9 Å². The molecule has 0 aromatic heterocycles. The van der Waals surface area contributed by atoms with E-state index in [0.717, 1.165) is 29.5 Å². The number of piperazine rings is 1. The van der Waals surface area contributed by atoms with Crippen molar-refractivity contribution in [1.82, 2.24) is 14.1 Å². The van der Waals surface area contributed by atoms with Gasteiger partial charge in [-0.25, -0.2) is 8.42 Å². The SMILES string of the molecule is Cc1cc(C)c(S(=O)(=O)N2CCN(CC(=O)N3[C@H](C)CCC[C@H]3C)CC2)c(C)c1. The lowest BCUT2D eigenvalue weighted by Crippen LogP contribution is -2.54. The summed E-state index contributed by atoms with van der Waals surface area (Å²) in [4.78, 5) is 17.4. The Morgan fingerprint density at radius 2 is 1.48 bits per heavy atom. The van der Waals surface area contributed by atoms with E-state index in [-0.39, 0.29) is 5.91 Å². The third-order valence-corrected chi connectivity index (χ3v) is 8.58. The summed E-state index contributed by atoms with van der Waals surface area (Å²) >= 11 is 0. The van der Waals surface area contributed by atoms with Gasteiger partial charge in [0.05, 0.1) is 11.4 Å². The Labute approximate surface area is 175 Å². The monoisotopic (exact) mass is 421 g/mol. The van der Waals surface area contributed by atoms with Crippen LogP contribution in [0.15, 0.2) is 17.0 Å². The zero-order chi connectivity index (χ0) is 21.3. The van der Waals surface area contributed by atoms with Crippen LogP contribution in [-0.2, 0) is 14.8 Å². The molecule has 29 heavy (non-hydrogen) atoms. The summed E-state index contributed by atoms with van der Waals surface area (Å²) in [6, 6.07) is 4.44. The Bertz CT molecular complexity index is 827. The molecule has 0 unspecified atom stereocenters. The molecule has 2 atom stereocenters. The van der Waals surface area contributed by atoms with E-state index in [9.17, 15) is 13.2 Å². The van der Waals surface area contributed by atoms with Crippen molar-refractivity contribution in [3.63, 3.8) is 0 Å². The molecule has 1 aromatic carbocycles. The van der Waals surface area contributed by atoms with Crippen LogP contribution in [0.4, 0.5) is 0 Å². The van der Waals surface area contributed by atoms with E-state index in [1.54, 1.807) is 4.31 Å². The van der Waals surface area contributed by atoms with Crippen molar-refractivity contribution in [1.29, 1.82) is 0 Å². The first-order valence-corrected chi connectivity index (χ1v) is 12.2. The summed E-state index contributed by atoms with van der Waals surface area (Å²) in [5.41, 5.74) is 2.67. The molecule has 2 saturated heterocycles. The van der Waals surface area contributed by atoms with E-state index in [4.69, 9.17) is 0 Å². The lowest BCUT2D eigenvalue weighted by molar-refractivity contribution is -0.138. The molecule has 2 aliphatic rings. The predicted molar refractivity (Wildman–Crippen MR) is 115 cm³/mol. The summed E-state index contributed by atoms with van der Waals surface area (Å²) in [5, 5.41) is 0. The number of hydrogen-bond acceptors (Lipinski definition) is 4. The fourth-order valence-corrected chi connectivity index (χ4v) is 6.85. The average molecular weight is 422 g/mol. The Hall–Kier alpha value is -1.44. The number of nitrogens with zero attached hydrogens (tertiary/aromatic N) is 3. The Balaban J connectivity index is 1.64. The summed E-state index contributed by atoms with van der Waals surface area (Å²) in [5.74, 6) is 0.172. The lowest BCUT2D eigenvalue weighted by Gasteiger charge is -2.41.